The van der Waals surface area contributed by atoms with E-state index in [1.54, 1.807) is 25.3 Å². The van der Waals surface area contributed by atoms with E-state index in [0.717, 1.165) is 12.2 Å². The van der Waals surface area contributed by atoms with Gasteiger partial charge in [0.15, 0.2) is 5.82 Å². The second-order valence-electron chi connectivity index (χ2n) is 5.31. The molecule has 2 heterocycles. The lowest BCUT2D eigenvalue weighted by molar-refractivity contribution is -0.113. The molecular formula is C17H18ClN5O2S. The first-order valence-electron chi connectivity index (χ1n) is 7.96. The van der Waals surface area contributed by atoms with Crippen LogP contribution in [0, 0.1) is 0 Å². The number of carbonyl (C=O) groups excluding carboxylic acids is 1. The second-order valence-corrected chi connectivity index (χ2v) is 6.69. The molecular weight excluding hydrogens is 374 g/mol. The fraction of sp³-hybridized carbons (Fsp3) is 0.235. The standard InChI is InChI=1S/C17H18ClN5O2S/c1-3-15-20-21-17(23(15)22-8-4-5-9-22)26-11-16(24)19-13-10-12(18)6-7-14(13)25-2/h4-10H,3,11H2,1-2H3,(H,19,24). The SMILES string of the molecule is CCc1nnc(SCC(=O)Nc2cc(Cl)ccc2OC)n1-n1cccc1. The van der Waals surface area contributed by atoms with E-state index in [2.05, 4.69) is 15.5 Å². The highest BCUT2D eigenvalue weighted by atomic mass is 35.5. The number of anilines is 1. The number of hydrogen-bond donors (Lipinski definition) is 1. The van der Waals surface area contributed by atoms with E-state index in [4.69, 9.17) is 16.3 Å². The average molecular weight is 392 g/mol. The van der Waals surface area contributed by atoms with Crippen molar-refractivity contribution in [2.75, 3.05) is 18.2 Å². The summed E-state index contributed by atoms with van der Waals surface area (Å²) in [5, 5.41) is 12.4. The number of aromatic nitrogens is 4. The van der Waals surface area contributed by atoms with Crippen LogP contribution in [0.15, 0.2) is 47.9 Å². The number of rotatable bonds is 7. The average Bonchev–Trinajstić information content (AvgIpc) is 3.29. The largest absolute Gasteiger partial charge is 0.495 e. The van der Waals surface area contributed by atoms with Gasteiger partial charge in [0.05, 0.1) is 18.6 Å². The first-order valence-corrected chi connectivity index (χ1v) is 9.32. The highest BCUT2D eigenvalue weighted by molar-refractivity contribution is 7.99. The molecule has 0 atom stereocenters. The van der Waals surface area contributed by atoms with Crippen molar-refractivity contribution in [3.63, 3.8) is 0 Å². The molecule has 0 saturated carbocycles. The maximum absolute atomic E-state index is 12.3. The van der Waals surface area contributed by atoms with Crippen molar-refractivity contribution in [1.82, 2.24) is 19.5 Å². The molecule has 2 aromatic heterocycles. The summed E-state index contributed by atoms with van der Waals surface area (Å²) in [5.41, 5.74) is 0.534. The van der Waals surface area contributed by atoms with Gasteiger partial charge >= 0.3 is 0 Å². The molecule has 0 aliphatic rings. The molecule has 0 aliphatic heterocycles. The van der Waals surface area contributed by atoms with Crippen LogP contribution in [-0.2, 0) is 11.2 Å². The van der Waals surface area contributed by atoms with E-state index < -0.39 is 0 Å². The number of nitrogens with zero attached hydrogens (tertiary/aromatic N) is 4. The monoisotopic (exact) mass is 391 g/mol. The van der Waals surface area contributed by atoms with Crippen molar-refractivity contribution in [2.45, 2.75) is 18.5 Å². The third-order valence-electron chi connectivity index (χ3n) is 3.58. The second kappa shape index (κ2) is 8.29. The van der Waals surface area contributed by atoms with Gasteiger partial charge < -0.3 is 10.1 Å². The minimum Gasteiger partial charge on any atom is -0.495 e. The van der Waals surface area contributed by atoms with Gasteiger partial charge in [0.25, 0.3) is 0 Å². The fourth-order valence-corrected chi connectivity index (χ4v) is 3.32. The lowest BCUT2D eigenvalue weighted by Crippen LogP contribution is -2.16. The molecule has 0 fully saturated rings. The third kappa shape index (κ3) is 4.03. The van der Waals surface area contributed by atoms with Gasteiger partial charge in [-0.15, -0.1) is 10.2 Å². The number of halogens is 1. The van der Waals surface area contributed by atoms with Crippen LogP contribution >= 0.6 is 23.4 Å². The van der Waals surface area contributed by atoms with Crippen molar-refractivity contribution in [3.05, 3.63) is 53.6 Å². The molecule has 0 bridgehead atoms. The zero-order valence-corrected chi connectivity index (χ0v) is 15.9. The van der Waals surface area contributed by atoms with Gasteiger partial charge in [-0.3, -0.25) is 9.47 Å². The zero-order chi connectivity index (χ0) is 18.5. The molecule has 1 N–H and O–H groups in total. The van der Waals surface area contributed by atoms with Crippen LogP contribution in [0.3, 0.4) is 0 Å². The topological polar surface area (TPSA) is 74.0 Å². The summed E-state index contributed by atoms with van der Waals surface area (Å²) in [7, 11) is 1.54. The maximum atomic E-state index is 12.3. The molecule has 3 aromatic rings. The first-order chi connectivity index (χ1) is 12.6. The number of ether oxygens (including phenoxy) is 1. The number of methoxy groups -OCH3 is 1. The number of nitrogens with one attached hydrogen (secondary N) is 1. The van der Waals surface area contributed by atoms with Gasteiger partial charge in [0, 0.05) is 23.8 Å². The van der Waals surface area contributed by atoms with Gasteiger partial charge in [-0.1, -0.05) is 30.3 Å². The predicted octanol–water partition coefficient (Wildman–Crippen LogP) is 3.35. The summed E-state index contributed by atoms with van der Waals surface area (Å²) in [5.74, 6) is 1.37. The Labute approximate surface area is 160 Å². The molecule has 0 spiro atoms. The van der Waals surface area contributed by atoms with Crippen molar-refractivity contribution in [1.29, 1.82) is 0 Å². The Kier molecular flexibility index (Phi) is 5.85. The van der Waals surface area contributed by atoms with E-state index in [0.29, 0.717) is 21.6 Å². The number of benzene rings is 1. The maximum Gasteiger partial charge on any atom is 0.234 e. The Bertz CT molecular complexity index is 895. The Balaban J connectivity index is 1.71. The molecule has 1 aromatic carbocycles. The van der Waals surface area contributed by atoms with E-state index in [1.165, 1.54) is 11.8 Å². The van der Waals surface area contributed by atoms with Crippen LogP contribution in [-0.4, -0.2) is 38.3 Å². The molecule has 0 saturated heterocycles. The van der Waals surface area contributed by atoms with Gasteiger partial charge in [-0.25, -0.2) is 4.68 Å². The van der Waals surface area contributed by atoms with Gasteiger partial charge in [-0.05, 0) is 30.3 Å². The van der Waals surface area contributed by atoms with Crippen LogP contribution < -0.4 is 10.1 Å². The molecule has 26 heavy (non-hydrogen) atoms. The van der Waals surface area contributed by atoms with Crippen molar-refractivity contribution in [3.8, 4) is 5.75 Å². The van der Waals surface area contributed by atoms with Crippen LogP contribution in [0.4, 0.5) is 5.69 Å². The van der Waals surface area contributed by atoms with E-state index >= 15 is 0 Å². The minimum absolute atomic E-state index is 0.179. The van der Waals surface area contributed by atoms with Crippen molar-refractivity contribution >= 4 is 35.0 Å². The number of thioether (sulfide) groups is 1. The van der Waals surface area contributed by atoms with Crippen LogP contribution in [0.2, 0.25) is 5.02 Å². The highest BCUT2D eigenvalue weighted by Crippen LogP contribution is 2.28. The Morgan fingerprint density at radius 3 is 2.77 bits per heavy atom. The zero-order valence-electron chi connectivity index (χ0n) is 14.3. The molecule has 0 radical (unpaired) electrons. The van der Waals surface area contributed by atoms with Crippen LogP contribution in [0.5, 0.6) is 5.75 Å². The van der Waals surface area contributed by atoms with E-state index in [9.17, 15) is 4.79 Å². The summed E-state index contributed by atoms with van der Waals surface area (Å²) in [6, 6.07) is 8.91. The summed E-state index contributed by atoms with van der Waals surface area (Å²) < 4.78 is 9.01. The molecule has 0 aliphatic carbocycles. The molecule has 7 nitrogen and oxygen atoms in total. The summed E-state index contributed by atoms with van der Waals surface area (Å²) in [6.45, 7) is 2.01. The van der Waals surface area contributed by atoms with E-state index in [1.807, 2.05) is 40.8 Å². The van der Waals surface area contributed by atoms with Crippen LogP contribution in [0.1, 0.15) is 12.7 Å². The summed E-state index contributed by atoms with van der Waals surface area (Å²) in [4.78, 5) is 12.3. The van der Waals surface area contributed by atoms with Gasteiger partial charge in [0.1, 0.15) is 5.75 Å². The Morgan fingerprint density at radius 1 is 1.31 bits per heavy atom. The quantitative estimate of drug-likeness (QED) is 0.625. The third-order valence-corrected chi connectivity index (χ3v) is 4.73. The van der Waals surface area contributed by atoms with Crippen LogP contribution in [0.25, 0.3) is 0 Å². The summed E-state index contributed by atoms with van der Waals surface area (Å²) in [6.07, 6.45) is 4.55. The molecule has 1 amide bonds. The first kappa shape index (κ1) is 18.3. The van der Waals surface area contributed by atoms with Crippen molar-refractivity contribution < 1.29 is 9.53 Å². The predicted molar refractivity (Wildman–Crippen MR) is 102 cm³/mol. The lowest BCUT2D eigenvalue weighted by Gasteiger charge is -2.11. The lowest BCUT2D eigenvalue weighted by atomic mass is 10.3. The highest BCUT2D eigenvalue weighted by Gasteiger charge is 2.15. The van der Waals surface area contributed by atoms with Gasteiger partial charge in [0.2, 0.25) is 11.1 Å². The summed E-state index contributed by atoms with van der Waals surface area (Å²) >= 11 is 7.30. The Hall–Kier alpha value is -2.45. The number of hydrogen-bond acceptors (Lipinski definition) is 5. The molecule has 0 unspecified atom stereocenters. The number of aryl methyl sites for hydroxylation is 1. The molecule has 9 heteroatoms. The molecule has 3 rings (SSSR count). The molecule has 136 valence electrons. The number of amides is 1. The fourth-order valence-electron chi connectivity index (χ4n) is 2.39. The number of carbonyl (C=O) groups is 1. The van der Waals surface area contributed by atoms with Crippen molar-refractivity contribution in [2.24, 2.45) is 0 Å². The van der Waals surface area contributed by atoms with Gasteiger partial charge in [-0.2, -0.15) is 0 Å². The normalized spacial score (nSPS) is 10.7. The minimum atomic E-state index is -0.185. The van der Waals surface area contributed by atoms with E-state index in [-0.39, 0.29) is 11.7 Å². The Morgan fingerprint density at radius 2 is 2.08 bits per heavy atom. The smallest absolute Gasteiger partial charge is 0.234 e.